The fourth-order valence-electron chi connectivity index (χ4n) is 6.11. The summed E-state index contributed by atoms with van der Waals surface area (Å²) < 4.78 is 0. The Balaban J connectivity index is 0.00000588. The van der Waals surface area contributed by atoms with Crippen LogP contribution in [-0.2, 0) is 16.2 Å². The first kappa shape index (κ1) is 35.5. The molecule has 0 saturated carbocycles. The molecule has 0 saturated heterocycles. The Labute approximate surface area is 279 Å². The Kier molecular flexibility index (Phi) is 10.8. The molecule has 0 aliphatic heterocycles. The first-order chi connectivity index (χ1) is 18.1. The summed E-state index contributed by atoms with van der Waals surface area (Å²) in [6.07, 6.45) is 0.847. The van der Waals surface area contributed by atoms with Crippen molar-refractivity contribution < 1.29 is 15.3 Å². The first-order valence-corrected chi connectivity index (χ1v) is 14.6. The van der Waals surface area contributed by atoms with E-state index in [4.69, 9.17) is 0 Å². The molecular weight excluding hydrogens is 532 g/mol. The van der Waals surface area contributed by atoms with E-state index in [0.29, 0.717) is 17.2 Å². The molecule has 0 aliphatic rings. The number of benzene rings is 3. The van der Waals surface area contributed by atoms with Crippen molar-refractivity contribution in [3.63, 3.8) is 0 Å². The van der Waals surface area contributed by atoms with E-state index >= 15 is 0 Å². The Hall–Kier alpha value is -1.68. The van der Waals surface area contributed by atoms with Crippen molar-refractivity contribution in [2.75, 3.05) is 0 Å². The number of phenols is 3. The summed E-state index contributed by atoms with van der Waals surface area (Å²) in [5, 5.41) is 32.6. The number of hydrogen-bond acceptors (Lipinski definition) is 3. The van der Waals surface area contributed by atoms with Crippen LogP contribution in [-0.4, -0.2) is 53.1 Å². The molecule has 0 radical (unpaired) electrons. The molecule has 3 nitrogen and oxygen atoms in total. The molecule has 3 rings (SSSR count). The van der Waals surface area contributed by atoms with Gasteiger partial charge >= 0.3 is 37.7 Å². The number of rotatable bonds is 5. The topological polar surface area (TPSA) is 60.7 Å². The Morgan fingerprint density at radius 2 is 0.780 bits per heavy atom. The van der Waals surface area contributed by atoms with E-state index in [1.807, 2.05) is 18.2 Å². The van der Waals surface area contributed by atoms with Crippen molar-refractivity contribution in [1.82, 2.24) is 0 Å². The van der Waals surface area contributed by atoms with Crippen LogP contribution in [0.4, 0.5) is 0 Å². The van der Waals surface area contributed by atoms with Crippen LogP contribution < -0.4 is 0 Å². The van der Waals surface area contributed by atoms with Crippen molar-refractivity contribution in [3.05, 3.63) is 86.5 Å². The number of phenolic OH excluding ortho intramolecular Hbond substituents is 3. The molecule has 41 heavy (non-hydrogen) atoms. The fourth-order valence-corrected chi connectivity index (χ4v) is 6.11. The Bertz CT molecular complexity index is 1330. The quantitative estimate of drug-likeness (QED) is 0.261. The third kappa shape index (κ3) is 7.84. The zero-order chi connectivity index (χ0) is 30.5. The van der Waals surface area contributed by atoms with E-state index in [0.717, 1.165) is 39.8 Å². The molecule has 3 aromatic rings. The molecule has 0 amide bonds. The van der Waals surface area contributed by atoms with Gasteiger partial charge in [-0.1, -0.05) is 87.4 Å². The first-order valence-electron chi connectivity index (χ1n) is 14.6. The average molecular weight is 587 g/mol. The van der Waals surface area contributed by atoms with E-state index in [1.54, 1.807) is 0 Å². The van der Waals surface area contributed by atoms with Crippen molar-refractivity contribution in [2.24, 2.45) is 0 Å². The van der Waals surface area contributed by atoms with Crippen LogP contribution in [0.5, 0.6) is 17.2 Å². The molecule has 222 valence electrons. The minimum atomic E-state index is -0.210. The monoisotopic (exact) mass is 586 g/mol. The van der Waals surface area contributed by atoms with Crippen LogP contribution in [0, 0.1) is 20.8 Å². The molecule has 1 atom stereocenters. The van der Waals surface area contributed by atoms with E-state index in [2.05, 4.69) is 108 Å². The van der Waals surface area contributed by atoms with Gasteiger partial charge < -0.3 is 15.3 Å². The second-order valence-corrected chi connectivity index (χ2v) is 15.1. The maximum absolute atomic E-state index is 10.9. The summed E-state index contributed by atoms with van der Waals surface area (Å²) in [6, 6.07) is 12.3. The summed E-state index contributed by atoms with van der Waals surface area (Å²) in [5.41, 5.74) is 9.11. The summed E-state index contributed by atoms with van der Waals surface area (Å²) >= 11 is 0. The van der Waals surface area contributed by atoms with Gasteiger partial charge in [0.1, 0.15) is 17.2 Å². The average Bonchev–Trinajstić information content (AvgIpc) is 2.75. The van der Waals surface area contributed by atoms with Gasteiger partial charge in [0.15, 0.2) is 0 Å². The molecule has 0 aromatic heterocycles. The van der Waals surface area contributed by atoms with E-state index < -0.39 is 0 Å². The molecule has 0 spiro atoms. The van der Waals surface area contributed by atoms with Gasteiger partial charge in [0.05, 0.1) is 0 Å². The molecular formula is C37H54CaO3. The van der Waals surface area contributed by atoms with Crippen LogP contribution in [0.1, 0.15) is 138 Å². The van der Waals surface area contributed by atoms with Gasteiger partial charge in [-0.25, -0.2) is 0 Å². The molecule has 0 aliphatic carbocycles. The van der Waals surface area contributed by atoms with Crippen molar-refractivity contribution in [1.29, 1.82) is 0 Å². The Morgan fingerprint density at radius 1 is 0.512 bits per heavy atom. The summed E-state index contributed by atoms with van der Waals surface area (Å²) in [5.74, 6) is 1.27. The van der Waals surface area contributed by atoms with Crippen molar-refractivity contribution >= 4 is 37.7 Å². The van der Waals surface area contributed by atoms with Crippen molar-refractivity contribution in [2.45, 2.75) is 125 Å². The van der Waals surface area contributed by atoms with Gasteiger partial charge in [0, 0.05) is 5.92 Å². The molecule has 3 aromatic carbocycles. The van der Waals surface area contributed by atoms with Gasteiger partial charge in [-0.15, -0.1) is 0 Å². The zero-order valence-corrected chi connectivity index (χ0v) is 27.2. The SMILES string of the molecule is Cc1cc(O)c(C(C)(C)C)cc1C(C)CC(c1cc(C(C)(C)C)c(O)cc1C)c1cc(C(C)(C)C)c(O)cc1C.[CaH2]. The summed E-state index contributed by atoms with van der Waals surface area (Å²) in [6.45, 7) is 27.7. The predicted octanol–water partition coefficient (Wildman–Crippen LogP) is 9.03. The molecule has 3 N–H and O–H groups in total. The maximum atomic E-state index is 10.9. The number of aromatic hydroxyl groups is 3. The van der Waals surface area contributed by atoms with Crippen LogP contribution in [0.15, 0.2) is 36.4 Å². The predicted molar refractivity (Wildman–Crippen MR) is 178 cm³/mol. The van der Waals surface area contributed by atoms with Crippen LogP contribution in [0.3, 0.4) is 0 Å². The summed E-state index contributed by atoms with van der Waals surface area (Å²) in [4.78, 5) is 0. The van der Waals surface area contributed by atoms with Crippen LogP contribution >= 0.6 is 0 Å². The minimum absolute atomic E-state index is 0. The number of hydrogen-bond donors (Lipinski definition) is 3. The third-order valence-corrected chi connectivity index (χ3v) is 8.45. The molecule has 0 bridgehead atoms. The number of aryl methyl sites for hydroxylation is 3. The zero-order valence-electron chi connectivity index (χ0n) is 27.2. The van der Waals surface area contributed by atoms with E-state index in [9.17, 15) is 15.3 Å². The van der Waals surface area contributed by atoms with Gasteiger partial charge in [-0.3, -0.25) is 0 Å². The molecule has 0 heterocycles. The molecule has 0 fully saturated rings. The molecule has 4 heteroatoms. The van der Waals surface area contributed by atoms with E-state index in [-0.39, 0.29) is 65.8 Å². The second-order valence-electron chi connectivity index (χ2n) is 15.1. The van der Waals surface area contributed by atoms with Gasteiger partial charge in [-0.2, -0.15) is 0 Å². The van der Waals surface area contributed by atoms with Gasteiger partial charge in [-0.05, 0) is 118 Å². The van der Waals surface area contributed by atoms with Gasteiger partial charge in [0.2, 0.25) is 0 Å². The standard InChI is InChI=1S/C37H52O3.Ca.2H/c1-21(25-18-29(35(5,6)7)32(38)15-22(25)2)14-28(26-19-30(36(8,9)10)33(39)16-23(26)3)27-20-31(37(11,12)13)34(40)17-24(27)4;;;/h15-21,28,38-40H,14H2,1-13H3;;;. The van der Waals surface area contributed by atoms with E-state index in [1.165, 1.54) is 16.7 Å². The Morgan fingerprint density at radius 3 is 1.07 bits per heavy atom. The third-order valence-electron chi connectivity index (χ3n) is 8.45. The van der Waals surface area contributed by atoms with Crippen molar-refractivity contribution in [3.8, 4) is 17.2 Å². The molecule has 1 unspecified atom stereocenters. The summed E-state index contributed by atoms with van der Waals surface area (Å²) in [7, 11) is 0. The second kappa shape index (κ2) is 12.5. The van der Waals surface area contributed by atoms with Crippen LogP contribution in [0.2, 0.25) is 0 Å². The fraction of sp³-hybridized carbons (Fsp3) is 0.514. The normalized spacial score (nSPS) is 13.3. The van der Waals surface area contributed by atoms with Gasteiger partial charge in [0.25, 0.3) is 0 Å². The van der Waals surface area contributed by atoms with Crippen LogP contribution in [0.25, 0.3) is 0 Å².